The molecule has 16 heteroatoms. The van der Waals surface area contributed by atoms with E-state index >= 15 is 0 Å². The molecule has 246 valence electrons. The summed E-state index contributed by atoms with van der Waals surface area (Å²) in [4.78, 5) is 16.6. The monoisotopic (exact) mass is 717 g/mol. The predicted octanol–water partition coefficient (Wildman–Crippen LogP) is 5.56. The molecule has 1 aliphatic carbocycles. The molecule has 1 N–H and O–H groups in total. The molecule has 1 aromatic heterocycles. The van der Waals surface area contributed by atoms with Gasteiger partial charge in [-0.25, -0.2) is 18.2 Å². The number of fused-ring (bicyclic) bond motifs is 1. The Morgan fingerprint density at radius 3 is 2.50 bits per heavy atom. The van der Waals surface area contributed by atoms with Gasteiger partial charge in [-0.15, -0.1) is 11.8 Å². The lowest BCUT2D eigenvalue weighted by atomic mass is 10.0. The molecule has 10 nitrogen and oxygen atoms in total. The van der Waals surface area contributed by atoms with Crippen LogP contribution < -0.4 is 23.9 Å². The largest absolute Gasteiger partial charge is 0.489 e. The van der Waals surface area contributed by atoms with Crippen molar-refractivity contribution in [1.29, 1.82) is 0 Å². The number of rotatable bonds is 12. The molecule has 3 aliphatic rings. The zero-order valence-electron chi connectivity index (χ0n) is 24.1. The van der Waals surface area contributed by atoms with Gasteiger partial charge in [0.25, 0.3) is 0 Å². The number of H-pyrrole nitrogens is 1. The molecule has 0 bridgehead atoms. The Morgan fingerprint density at radius 1 is 1.04 bits per heavy atom. The lowest BCUT2D eigenvalue weighted by Crippen LogP contribution is -2.40. The molecule has 0 spiro atoms. The Bertz CT molecular complexity index is 1690. The van der Waals surface area contributed by atoms with Crippen LogP contribution in [0, 0.1) is 5.92 Å². The number of carbonyl (C=O) groups excluding carboxylic acids is 1. The molecule has 3 heterocycles. The van der Waals surface area contributed by atoms with E-state index < -0.39 is 34.1 Å². The first-order chi connectivity index (χ1) is 22.1. The molecule has 2 fully saturated rings. The molecule has 0 radical (unpaired) electrons. The number of halogens is 4. The third-order valence-corrected chi connectivity index (χ3v) is 11.4. The lowest BCUT2D eigenvalue weighted by Gasteiger charge is -2.26. The number of thioether (sulfide) groups is 1. The van der Waals surface area contributed by atoms with E-state index in [1.807, 2.05) is 0 Å². The van der Waals surface area contributed by atoms with Crippen LogP contribution >= 0.6 is 35.0 Å². The van der Waals surface area contributed by atoms with Crippen molar-refractivity contribution in [2.24, 2.45) is 5.92 Å². The number of aromatic amines is 1. The van der Waals surface area contributed by atoms with Crippen molar-refractivity contribution in [2.75, 3.05) is 32.1 Å². The Balaban J connectivity index is 1.29. The molecular weight excluding hydrogens is 689 g/mol. The van der Waals surface area contributed by atoms with Crippen molar-refractivity contribution in [3.8, 4) is 23.0 Å². The predicted molar refractivity (Wildman–Crippen MR) is 164 cm³/mol. The van der Waals surface area contributed by atoms with Crippen molar-refractivity contribution in [2.45, 2.75) is 42.2 Å². The second-order valence-electron chi connectivity index (χ2n) is 10.7. The number of hydrogen-bond donors (Lipinski definition) is 0. The third kappa shape index (κ3) is 7.41. The Hall–Kier alpha value is -3.04. The maximum Gasteiger partial charge on any atom is 0.387 e. The fourth-order valence-electron chi connectivity index (χ4n) is 5.01. The van der Waals surface area contributed by atoms with Crippen molar-refractivity contribution in [1.82, 2.24) is 4.31 Å². The van der Waals surface area contributed by atoms with Crippen molar-refractivity contribution >= 4 is 51.0 Å². The van der Waals surface area contributed by atoms with Gasteiger partial charge >= 0.3 is 12.6 Å². The SMILES string of the molecule is O=C(O[C@@H](Cc1c(Cl)c[nH+]cc1Cl)c1ccc(OC(F)F)c(OCC2CC2)c1)[C@@H]1SCCN1S(=O)(=O)c1ccc2c(c1)OCCO2. The normalized spacial score (nSPS) is 18.8. The Kier molecular flexibility index (Phi) is 9.99. The molecule has 6 rings (SSSR count). The molecular formula is C30H29Cl2F2N2O8S2+. The highest BCUT2D eigenvalue weighted by Crippen LogP contribution is 2.40. The minimum Gasteiger partial charge on any atom is -0.489 e. The van der Waals surface area contributed by atoms with Gasteiger partial charge in [-0.2, -0.15) is 13.1 Å². The average molecular weight is 719 g/mol. The number of pyridine rings is 1. The van der Waals surface area contributed by atoms with Crippen LogP contribution in [0.15, 0.2) is 53.7 Å². The molecule has 1 saturated heterocycles. The number of sulfonamides is 1. The number of carbonyl (C=O) groups is 1. The number of hydrogen-bond acceptors (Lipinski definition) is 9. The molecule has 46 heavy (non-hydrogen) atoms. The highest BCUT2D eigenvalue weighted by Gasteiger charge is 2.42. The van der Waals surface area contributed by atoms with E-state index in [1.54, 1.807) is 0 Å². The number of nitrogens with zero attached hydrogens (tertiary/aromatic N) is 1. The summed E-state index contributed by atoms with van der Waals surface area (Å²) in [5.74, 6) is 0.458. The second-order valence-corrected chi connectivity index (χ2v) is 14.6. The fourth-order valence-corrected chi connectivity index (χ4v) is 8.61. The quantitative estimate of drug-likeness (QED) is 0.222. The summed E-state index contributed by atoms with van der Waals surface area (Å²) < 4.78 is 82.5. The van der Waals surface area contributed by atoms with Crippen LogP contribution in [0.25, 0.3) is 0 Å². The van der Waals surface area contributed by atoms with E-state index in [4.69, 9.17) is 42.1 Å². The first-order valence-electron chi connectivity index (χ1n) is 14.4. The zero-order valence-corrected chi connectivity index (χ0v) is 27.3. The van der Waals surface area contributed by atoms with Crippen LogP contribution in [0.1, 0.15) is 30.1 Å². The van der Waals surface area contributed by atoms with Crippen molar-refractivity contribution in [3.63, 3.8) is 0 Å². The fraction of sp³-hybridized carbons (Fsp3) is 0.400. The number of nitrogens with one attached hydrogen (secondary N) is 1. The maximum atomic E-state index is 13.8. The molecule has 2 atom stereocenters. The summed E-state index contributed by atoms with van der Waals surface area (Å²) in [6.07, 6.45) is 3.89. The van der Waals surface area contributed by atoms with Gasteiger partial charge in [0.05, 0.1) is 11.5 Å². The van der Waals surface area contributed by atoms with Crippen LogP contribution in [0.3, 0.4) is 0 Å². The number of benzene rings is 2. The van der Waals surface area contributed by atoms with Gasteiger partial charge in [-0.1, -0.05) is 29.3 Å². The van der Waals surface area contributed by atoms with Crippen LogP contribution in [0.4, 0.5) is 8.78 Å². The average Bonchev–Trinajstić information content (AvgIpc) is 3.73. The van der Waals surface area contributed by atoms with Gasteiger partial charge in [0.15, 0.2) is 40.8 Å². The topological polar surface area (TPSA) is 115 Å². The van der Waals surface area contributed by atoms with E-state index in [0.29, 0.717) is 47.5 Å². The highest BCUT2D eigenvalue weighted by atomic mass is 35.5. The summed E-state index contributed by atoms with van der Waals surface area (Å²) in [6, 6.07) is 8.56. The molecule has 2 aliphatic heterocycles. The summed E-state index contributed by atoms with van der Waals surface area (Å²) in [6.45, 7) is -2.07. The molecule has 1 saturated carbocycles. The van der Waals surface area contributed by atoms with Gasteiger partial charge in [-0.3, -0.25) is 0 Å². The van der Waals surface area contributed by atoms with E-state index in [0.717, 1.165) is 28.9 Å². The molecule has 2 aromatic carbocycles. The van der Waals surface area contributed by atoms with Gasteiger partial charge in [0.2, 0.25) is 10.0 Å². The van der Waals surface area contributed by atoms with E-state index in [1.165, 1.54) is 48.8 Å². The minimum atomic E-state index is -4.15. The van der Waals surface area contributed by atoms with Gasteiger partial charge in [0.1, 0.15) is 29.4 Å². The third-order valence-electron chi connectivity index (χ3n) is 7.54. The highest BCUT2D eigenvalue weighted by molar-refractivity contribution is 8.02. The maximum absolute atomic E-state index is 13.8. The minimum absolute atomic E-state index is 0.0124. The smallest absolute Gasteiger partial charge is 0.387 e. The summed E-state index contributed by atoms with van der Waals surface area (Å²) in [7, 11) is -4.15. The lowest BCUT2D eigenvalue weighted by molar-refractivity contribution is -0.377. The molecule has 0 unspecified atom stereocenters. The summed E-state index contributed by atoms with van der Waals surface area (Å²) >= 11 is 14.0. The van der Waals surface area contributed by atoms with E-state index in [-0.39, 0.29) is 46.0 Å². The van der Waals surface area contributed by atoms with Gasteiger partial charge in [0, 0.05) is 30.3 Å². The van der Waals surface area contributed by atoms with Crippen LogP contribution in [-0.2, 0) is 26.0 Å². The molecule has 0 amide bonds. The summed E-state index contributed by atoms with van der Waals surface area (Å²) in [5, 5.41) is -0.660. The van der Waals surface area contributed by atoms with Crippen molar-refractivity contribution in [3.05, 3.63) is 70.0 Å². The van der Waals surface area contributed by atoms with E-state index in [9.17, 15) is 22.0 Å². The zero-order chi connectivity index (χ0) is 32.4. The van der Waals surface area contributed by atoms with Gasteiger partial charge in [-0.05, 0) is 48.6 Å². The molecule has 3 aromatic rings. The Labute approximate surface area is 278 Å². The van der Waals surface area contributed by atoms with Crippen LogP contribution in [0.5, 0.6) is 23.0 Å². The van der Waals surface area contributed by atoms with E-state index in [2.05, 4.69) is 9.72 Å². The standard InChI is InChI=1S/C30H28Cl2F2N2O8S2/c31-21-14-35-15-22(32)20(21)13-25(18-3-5-24(44-30(33)34)26(11-18)42-16-17-1-2-17)43-29(37)28-36(7-10-45-28)46(38,39)19-4-6-23-27(12-19)41-9-8-40-23/h3-6,11-12,14-15,17,25,28,30H,1-2,7-10,13,16H2/p+1/t25-,28-/m0/s1. The number of esters is 1. The van der Waals surface area contributed by atoms with Crippen molar-refractivity contribution < 1.29 is 50.7 Å². The van der Waals surface area contributed by atoms with Crippen LogP contribution in [0.2, 0.25) is 10.0 Å². The first-order valence-corrected chi connectivity index (χ1v) is 17.6. The number of alkyl halides is 2. The van der Waals surface area contributed by atoms with Gasteiger partial charge < -0.3 is 23.7 Å². The number of ether oxygens (including phenoxy) is 5. The first kappa shape index (κ1) is 32.9. The summed E-state index contributed by atoms with van der Waals surface area (Å²) in [5.41, 5.74) is 0.832. The number of aromatic nitrogens is 1. The second kappa shape index (κ2) is 14.0. The Morgan fingerprint density at radius 2 is 1.78 bits per heavy atom. The van der Waals surface area contributed by atoms with Crippen LogP contribution in [-0.4, -0.2) is 62.8 Å².